The molecule has 1 aromatic rings. The van der Waals surface area contributed by atoms with Crippen LogP contribution in [0.5, 0.6) is 17.2 Å². The normalized spacial score (nSPS) is 11.6. The van der Waals surface area contributed by atoms with Crippen LogP contribution in [0.4, 0.5) is 0 Å². The summed E-state index contributed by atoms with van der Waals surface area (Å²) in [6, 6.07) is 4.73. The van der Waals surface area contributed by atoms with E-state index in [0.29, 0.717) is 12.3 Å². The molecule has 0 saturated heterocycles. The Bertz CT molecular complexity index is 643. The molecule has 0 aliphatic rings. The molecule has 13 nitrogen and oxygen atoms in total. The van der Waals surface area contributed by atoms with Gasteiger partial charge in [0, 0.05) is 18.7 Å². The van der Waals surface area contributed by atoms with E-state index < -0.39 is 16.3 Å². The Hall–Kier alpha value is -3.06. The van der Waals surface area contributed by atoms with E-state index in [1.54, 1.807) is 6.07 Å². The van der Waals surface area contributed by atoms with Crippen LogP contribution in [0.25, 0.3) is 0 Å². The zero-order chi connectivity index (χ0) is 21.6. The van der Waals surface area contributed by atoms with Crippen LogP contribution in [-0.4, -0.2) is 67.0 Å². The highest BCUT2D eigenvalue weighted by Gasteiger charge is 2.12. The number of nitrogens with zero attached hydrogens (tertiary/aromatic N) is 2. The number of nitrogens with one attached hydrogen (secondary N) is 1. The first-order valence-electron chi connectivity index (χ1n) is 8.76. The van der Waals surface area contributed by atoms with E-state index in [4.69, 9.17) is 14.2 Å². The zero-order valence-electron chi connectivity index (χ0n) is 16.1. The van der Waals surface area contributed by atoms with Crippen molar-refractivity contribution in [1.82, 2.24) is 5.32 Å². The Balaban J connectivity index is 2.67. The zero-order valence-corrected chi connectivity index (χ0v) is 16.1. The first-order chi connectivity index (χ1) is 13.8. The average molecular weight is 419 g/mol. The van der Waals surface area contributed by atoms with E-state index in [0.717, 1.165) is 0 Å². The van der Waals surface area contributed by atoms with Gasteiger partial charge in [0.2, 0.25) is 0 Å². The predicted molar refractivity (Wildman–Crippen MR) is 98.0 cm³/mol. The van der Waals surface area contributed by atoms with Gasteiger partial charge in [0.1, 0.15) is 44.9 Å². The van der Waals surface area contributed by atoms with E-state index in [1.807, 2.05) is 13.8 Å². The molecule has 0 saturated carbocycles. The molecule has 0 spiro atoms. The molecule has 0 bridgehead atoms. The molecule has 164 valence electrons. The second kappa shape index (κ2) is 13.2. The minimum absolute atomic E-state index is 0.0155. The van der Waals surface area contributed by atoms with Crippen LogP contribution < -0.4 is 19.5 Å². The molecule has 2 N–H and O–H groups in total. The molecule has 0 aliphatic carbocycles. The van der Waals surface area contributed by atoms with Crippen LogP contribution in [0.15, 0.2) is 18.2 Å². The van der Waals surface area contributed by atoms with E-state index in [-0.39, 0.29) is 50.6 Å². The molecule has 0 amide bonds. The standard InChI is InChI=1S/C16H25N3O10/c1-12(2)17-10-13(20)11-27-15-4-3-14(25-5-7-28-18(21)22)9-16(15)26-6-8-29-19(23)24/h3-4,9,12-13,17,20H,5-8,10-11H2,1-2H3. The maximum Gasteiger partial charge on any atom is 0.294 e. The summed E-state index contributed by atoms with van der Waals surface area (Å²) in [6.07, 6.45) is -0.765. The molecule has 0 heterocycles. The predicted octanol–water partition coefficient (Wildman–Crippen LogP) is 0.598. The largest absolute Gasteiger partial charge is 0.491 e. The van der Waals surface area contributed by atoms with Crippen molar-refractivity contribution >= 4 is 0 Å². The number of ether oxygens (including phenoxy) is 3. The molecule has 1 unspecified atom stereocenters. The van der Waals surface area contributed by atoms with Crippen LogP contribution in [0.2, 0.25) is 0 Å². The minimum atomic E-state index is -0.937. The third-order valence-electron chi connectivity index (χ3n) is 3.19. The topological polar surface area (TPSA) is 165 Å². The van der Waals surface area contributed by atoms with Gasteiger partial charge in [0.25, 0.3) is 10.2 Å². The van der Waals surface area contributed by atoms with E-state index in [2.05, 4.69) is 15.0 Å². The number of hydrogen-bond acceptors (Lipinski definition) is 11. The first kappa shape index (κ1) is 24.0. The summed E-state index contributed by atoms with van der Waals surface area (Å²) in [4.78, 5) is 28.7. The van der Waals surface area contributed by atoms with Gasteiger partial charge < -0.3 is 34.3 Å². The number of rotatable bonds is 16. The lowest BCUT2D eigenvalue weighted by molar-refractivity contribution is -0.757. The van der Waals surface area contributed by atoms with E-state index >= 15 is 0 Å². The lowest BCUT2D eigenvalue weighted by Crippen LogP contribution is -2.35. The molecular formula is C16H25N3O10. The first-order valence-corrected chi connectivity index (χ1v) is 8.76. The summed E-state index contributed by atoms with van der Waals surface area (Å²) in [5.74, 6) is 0.800. The highest BCUT2D eigenvalue weighted by molar-refractivity contribution is 5.45. The summed E-state index contributed by atoms with van der Waals surface area (Å²) in [5, 5.41) is 31.5. The van der Waals surface area contributed by atoms with Crippen molar-refractivity contribution in [2.75, 3.05) is 39.6 Å². The van der Waals surface area contributed by atoms with E-state index in [1.165, 1.54) is 12.1 Å². The molecule has 0 aliphatic heterocycles. The molecule has 29 heavy (non-hydrogen) atoms. The molecule has 1 atom stereocenters. The molecule has 0 radical (unpaired) electrons. The highest BCUT2D eigenvalue weighted by atomic mass is 17.0. The smallest absolute Gasteiger partial charge is 0.294 e. The number of aliphatic hydroxyl groups is 1. The minimum Gasteiger partial charge on any atom is -0.491 e. The van der Waals surface area contributed by atoms with Crippen molar-refractivity contribution in [3.63, 3.8) is 0 Å². The SMILES string of the molecule is CC(C)NCC(O)COc1ccc(OCCO[N+](=O)[O-])cc1OCCO[N+](=O)[O-]. The van der Waals surface area contributed by atoms with Gasteiger partial charge in [-0.15, -0.1) is 20.2 Å². The molecule has 1 rings (SSSR count). The maximum atomic E-state index is 10.2. The maximum absolute atomic E-state index is 10.2. The van der Waals surface area contributed by atoms with Gasteiger partial charge in [-0.05, 0) is 12.1 Å². The Kier molecular flexibility index (Phi) is 10.9. The van der Waals surface area contributed by atoms with Crippen molar-refractivity contribution < 1.29 is 39.2 Å². The fourth-order valence-electron chi connectivity index (χ4n) is 1.96. The summed E-state index contributed by atoms with van der Waals surface area (Å²) in [5.41, 5.74) is 0. The van der Waals surface area contributed by atoms with Crippen molar-refractivity contribution in [3.05, 3.63) is 38.4 Å². The number of aliphatic hydroxyl groups excluding tert-OH is 1. The molecule has 1 aromatic carbocycles. The number of hydrogen-bond donors (Lipinski definition) is 2. The number of benzene rings is 1. The van der Waals surface area contributed by atoms with Crippen LogP contribution >= 0.6 is 0 Å². The Morgan fingerprint density at radius 2 is 1.59 bits per heavy atom. The van der Waals surface area contributed by atoms with Crippen LogP contribution in [0.3, 0.4) is 0 Å². The van der Waals surface area contributed by atoms with Crippen molar-refractivity contribution in [2.24, 2.45) is 0 Å². The quantitative estimate of drug-likeness (QED) is 0.219. The van der Waals surface area contributed by atoms with Gasteiger partial charge in [0.05, 0.1) is 0 Å². The second-order valence-corrected chi connectivity index (χ2v) is 5.95. The van der Waals surface area contributed by atoms with E-state index in [9.17, 15) is 25.3 Å². The summed E-state index contributed by atoms with van der Waals surface area (Å²) < 4.78 is 16.3. The van der Waals surface area contributed by atoms with Crippen molar-refractivity contribution in [1.29, 1.82) is 0 Å². The lowest BCUT2D eigenvalue weighted by atomic mass is 10.3. The van der Waals surface area contributed by atoms with Crippen LogP contribution in [-0.2, 0) is 9.68 Å². The van der Waals surface area contributed by atoms with Gasteiger partial charge in [-0.2, -0.15) is 0 Å². The van der Waals surface area contributed by atoms with Gasteiger partial charge in [-0.1, -0.05) is 13.8 Å². The Labute approximate surface area is 166 Å². The van der Waals surface area contributed by atoms with Gasteiger partial charge in [-0.25, -0.2) is 0 Å². The van der Waals surface area contributed by atoms with Crippen LogP contribution in [0.1, 0.15) is 13.8 Å². The molecule has 0 fully saturated rings. The highest BCUT2D eigenvalue weighted by Crippen LogP contribution is 2.31. The van der Waals surface area contributed by atoms with Crippen molar-refractivity contribution in [3.8, 4) is 17.2 Å². The Morgan fingerprint density at radius 1 is 0.966 bits per heavy atom. The monoisotopic (exact) mass is 419 g/mol. The molecule has 13 heteroatoms. The van der Waals surface area contributed by atoms with Gasteiger partial charge in [-0.3, -0.25) is 0 Å². The summed E-state index contributed by atoms with van der Waals surface area (Å²) >= 11 is 0. The van der Waals surface area contributed by atoms with Gasteiger partial charge in [0.15, 0.2) is 11.5 Å². The molecular weight excluding hydrogens is 394 g/mol. The van der Waals surface area contributed by atoms with Gasteiger partial charge >= 0.3 is 0 Å². The van der Waals surface area contributed by atoms with Crippen LogP contribution in [0, 0.1) is 20.2 Å². The summed E-state index contributed by atoms with van der Waals surface area (Å²) in [6.45, 7) is 3.44. The average Bonchev–Trinajstić information content (AvgIpc) is 2.65. The fourth-order valence-corrected chi connectivity index (χ4v) is 1.96. The third-order valence-corrected chi connectivity index (χ3v) is 3.19. The third kappa shape index (κ3) is 11.4. The van der Waals surface area contributed by atoms with Crippen molar-refractivity contribution in [2.45, 2.75) is 26.0 Å². The summed E-state index contributed by atoms with van der Waals surface area (Å²) in [7, 11) is 0. The fraction of sp³-hybridized carbons (Fsp3) is 0.625. The lowest BCUT2D eigenvalue weighted by Gasteiger charge is -2.17. The second-order valence-electron chi connectivity index (χ2n) is 5.95. The Morgan fingerprint density at radius 3 is 2.17 bits per heavy atom. The molecule has 0 aromatic heterocycles.